The lowest BCUT2D eigenvalue weighted by Gasteiger charge is -2.42. The molecule has 1 aromatic heterocycles. The predicted molar refractivity (Wildman–Crippen MR) is 144 cm³/mol. The fourth-order valence-corrected chi connectivity index (χ4v) is 4.68. The molecule has 0 saturated heterocycles. The average molecular weight is 532 g/mol. The maximum Gasteiger partial charge on any atom is 0.416 e. The molecule has 0 spiro atoms. The first kappa shape index (κ1) is 29.8. The highest BCUT2D eigenvalue weighted by atomic mass is 19.4. The molecule has 0 aliphatic carbocycles. The molecule has 3 aromatic rings. The molecule has 0 aliphatic rings. The highest BCUT2D eigenvalue weighted by molar-refractivity contribution is 5.53. The number of rotatable bonds is 16. The van der Waals surface area contributed by atoms with Crippen molar-refractivity contribution < 1.29 is 22.3 Å². The van der Waals surface area contributed by atoms with Crippen LogP contribution in [0.25, 0.3) is 11.5 Å². The number of alkyl halides is 3. The molecule has 8 heteroatoms. The molecule has 1 atom stereocenters. The molecule has 0 saturated carbocycles. The van der Waals surface area contributed by atoms with E-state index in [0.29, 0.717) is 11.7 Å². The maximum absolute atomic E-state index is 13.4. The van der Waals surface area contributed by atoms with Crippen LogP contribution < -0.4 is 0 Å². The first-order valence-corrected chi connectivity index (χ1v) is 13.9. The van der Waals surface area contributed by atoms with Crippen LogP contribution in [0.4, 0.5) is 13.2 Å². The molecule has 0 fully saturated rings. The van der Waals surface area contributed by atoms with Gasteiger partial charge in [0.15, 0.2) is 5.82 Å². The lowest BCUT2D eigenvalue weighted by molar-refractivity contribution is -0.905. The third kappa shape index (κ3) is 9.24. The summed E-state index contributed by atoms with van der Waals surface area (Å²) in [5.74, 6) is 1.12. The monoisotopic (exact) mass is 531 g/mol. The summed E-state index contributed by atoms with van der Waals surface area (Å²) in [7, 11) is 0. The highest BCUT2D eigenvalue weighted by Gasteiger charge is 2.34. The number of aromatic nitrogens is 2. The van der Waals surface area contributed by atoms with Crippen molar-refractivity contribution in [2.45, 2.75) is 97.3 Å². The summed E-state index contributed by atoms with van der Waals surface area (Å²) in [6.07, 6.45) is 7.60. The van der Waals surface area contributed by atoms with Gasteiger partial charge >= 0.3 is 6.18 Å². The van der Waals surface area contributed by atoms with Crippen LogP contribution in [0, 0.1) is 5.21 Å². The summed E-state index contributed by atoms with van der Waals surface area (Å²) in [5.41, 5.74) is 0.752. The van der Waals surface area contributed by atoms with Gasteiger partial charge in [0, 0.05) is 23.1 Å². The number of unbranched alkanes of at least 4 members (excludes halogenated alkanes) is 8. The lowest BCUT2D eigenvalue weighted by atomic mass is 10.1. The van der Waals surface area contributed by atoms with E-state index in [1.807, 2.05) is 12.1 Å². The van der Waals surface area contributed by atoms with Gasteiger partial charge in [-0.05, 0) is 31.5 Å². The Morgan fingerprint density at radius 1 is 0.816 bits per heavy atom. The van der Waals surface area contributed by atoms with Crippen LogP contribution >= 0.6 is 0 Å². The minimum absolute atomic E-state index is 0.0128. The molecule has 208 valence electrons. The molecule has 5 nitrogen and oxygen atoms in total. The van der Waals surface area contributed by atoms with Crippen LogP contribution in [0.5, 0.6) is 0 Å². The zero-order chi connectivity index (χ0) is 27.4. The van der Waals surface area contributed by atoms with E-state index in [0.717, 1.165) is 36.5 Å². The second kappa shape index (κ2) is 14.4. The Morgan fingerprint density at radius 3 is 2.08 bits per heavy atom. The van der Waals surface area contributed by atoms with Gasteiger partial charge in [-0.3, -0.25) is 0 Å². The summed E-state index contributed by atoms with van der Waals surface area (Å²) in [6, 6.07) is 12.5. The molecular formula is C30H40F3N3O2. The van der Waals surface area contributed by atoms with E-state index < -0.39 is 16.4 Å². The van der Waals surface area contributed by atoms with Crippen molar-refractivity contribution in [3.63, 3.8) is 0 Å². The van der Waals surface area contributed by atoms with Crippen LogP contribution in [-0.2, 0) is 25.7 Å². The Morgan fingerprint density at radius 2 is 1.45 bits per heavy atom. The summed E-state index contributed by atoms with van der Waals surface area (Å²) >= 11 is 0. The normalized spacial score (nSPS) is 13.5. The highest BCUT2D eigenvalue weighted by Crippen LogP contribution is 2.33. The van der Waals surface area contributed by atoms with E-state index in [1.165, 1.54) is 63.1 Å². The second-order valence-corrected chi connectivity index (χ2v) is 10.1. The Balaban J connectivity index is 1.51. The van der Waals surface area contributed by atoms with Gasteiger partial charge in [-0.1, -0.05) is 93.8 Å². The van der Waals surface area contributed by atoms with Crippen molar-refractivity contribution in [3.8, 4) is 11.5 Å². The summed E-state index contributed by atoms with van der Waals surface area (Å²) in [5, 5.41) is 17.5. The van der Waals surface area contributed by atoms with Crippen molar-refractivity contribution >= 4 is 0 Å². The maximum atomic E-state index is 13.4. The van der Waals surface area contributed by atoms with E-state index in [-0.39, 0.29) is 25.2 Å². The third-order valence-corrected chi connectivity index (χ3v) is 7.00. The molecule has 38 heavy (non-hydrogen) atoms. The molecule has 1 unspecified atom stereocenters. The largest absolute Gasteiger partial charge is 0.632 e. The molecule has 2 aromatic carbocycles. The average Bonchev–Trinajstić information content (AvgIpc) is 3.37. The van der Waals surface area contributed by atoms with Gasteiger partial charge in [0.1, 0.15) is 13.1 Å². The van der Waals surface area contributed by atoms with Gasteiger partial charge in [0.05, 0.1) is 12.1 Å². The number of aryl methyl sites for hydroxylation is 1. The van der Waals surface area contributed by atoms with Crippen molar-refractivity contribution in [1.82, 2.24) is 10.1 Å². The minimum Gasteiger partial charge on any atom is -0.632 e. The quantitative estimate of drug-likeness (QED) is 0.105. The van der Waals surface area contributed by atoms with Crippen molar-refractivity contribution in [2.24, 2.45) is 0 Å². The smallest absolute Gasteiger partial charge is 0.416 e. The van der Waals surface area contributed by atoms with E-state index in [4.69, 9.17) is 4.52 Å². The number of hydrogen-bond donors (Lipinski definition) is 0. The van der Waals surface area contributed by atoms with E-state index in [9.17, 15) is 18.4 Å². The van der Waals surface area contributed by atoms with E-state index in [2.05, 4.69) is 17.1 Å². The number of hydroxylamine groups is 3. The van der Waals surface area contributed by atoms with E-state index in [1.54, 1.807) is 19.1 Å². The van der Waals surface area contributed by atoms with Gasteiger partial charge in [-0.2, -0.15) is 18.2 Å². The van der Waals surface area contributed by atoms with Gasteiger partial charge in [-0.25, -0.2) is 0 Å². The molecule has 0 amide bonds. The minimum atomic E-state index is -4.49. The van der Waals surface area contributed by atoms with Gasteiger partial charge in [0.2, 0.25) is 0 Å². The molecule has 0 bridgehead atoms. The molecule has 0 aliphatic heterocycles. The van der Waals surface area contributed by atoms with Gasteiger partial charge in [0.25, 0.3) is 5.89 Å². The number of hydrogen-bond acceptors (Lipinski definition) is 4. The molecule has 0 N–H and O–H groups in total. The molecular weight excluding hydrogens is 491 g/mol. The topological polar surface area (TPSA) is 62.0 Å². The third-order valence-electron chi connectivity index (χ3n) is 7.00. The molecule has 1 heterocycles. The summed E-state index contributed by atoms with van der Waals surface area (Å²) < 4.78 is 44.9. The van der Waals surface area contributed by atoms with Crippen LogP contribution in [-0.4, -0.2) is 21.3 Å². The van der Waals surface area contributed by atoms with Crippen LogP contribution in [0.3, 0.4) is 0 Å². The fourth-order valence-electron chi connectivity index (χ4n) is 4.68. The van der Waals surface area contributed by atoms with Gasteiger partial charge < -0.3 is 14.4 Å². The first-order chi connectivity index (χ1) is 18.2. The van der Waals surface area contributed by atoms with Crippen LogP contribution in [0.1, 0.15) is 94.1 Å². The van der Waals surface area contributed by atoms with Crippen molar-refractivity contribution in [2.75, 3.05) is 6.54 Å². The number of nitrogens with zero attached hydrogens (tertiary/aromatic N) is 3. The Kier molecular flexibility index (Phi) is 11.3. The van der Waals surface area contributed by atoms with Crippen molar-refractivity contribution in [3.05, 3.63) is 76.3 Å². The summed E-state index contributed by atoms with van der Waals surface area (Å²) in [4.78, 5) is 4.51. The Hall–Kier alpha value is -2.71. The number of halogens is 3. The van der Waals surface area contributed by atoms with Crippen LogP contribution in [0.2, 0.25) is 0 Å². The fraction of sp³-hybridized carbons (Fsp3) is 0.533. The first-order valence-electron chi connectivity index (χ1n) is 13.9. The number of benzene rings is 2. The van der Waals surface area contributed by atoms with Crippen molar-refractivity contribution in [1.29, 1.82) is 0 Å². The predicted octanol–water partition coefficient (Wildman–Crippen LogP) is 8.86. The SMILES string of the molecule is CCCCCCCCCCCc1noc(-c2ccc(C[N+]([O-])(CC)Cc3ccccc3C(F)(F)F)cc2)n1. The molecule has 3 rings (SSSR count). The van der Waals surface area contributed by atoms with E-state index >= 15 is 0 Å². The zero-order valence-corrected chi connectivity index (χ0v) is 22.6. The standard InChI is InChI=1S/C30H40F3N3O2/c1-3-5-6-7-8-9-10-11-12-17-28-34-29(38-35-28)25-20-18-24(19-21-25)22-36(37,4-2)23-26-15-13-14-16-27(26)30(31,32)33/h13-16,18-21H,3-12,17,22-23H2,1-2H3. The molecule has 0 radical (unpaired) electrons. The second-order valence-electron chi connectivity index (χ2n) is 10.1. The number of quaternary nitrogens is 1. The lowest BCUT2D eigenvalue weighted by Crippen LogP contribution is -2.40. The summed E-state index contributed by atoms with van der Waals surface area (Å²) in [6.45, 7) is 3.90. The van der Waals surface area contributed by atoms with Gasteiger partial charge in [-0.15, -0.1) is 0 Å². The van der Waals surface area contributed by atoms with Crippen LogP contribution in [0.15, 0.2) is 53.1 Å². The zero-order valence-electron chi connectivity index (χ0n) is 22.6. The Bertz CT molecular complexity index is 1100. The Labute approximate surface area is 224 Å².